The highest BCUT2D eigenvalue weighted by molar-refractivity contribution is 7.89. The summed E-state index contributed by atoms with van der Waals surface area (Å²) in [6.07, 6.45) is 3.92. The third-order valence-corrected chi connectivity index (χ3v) is 5.80. The maximum Gasteiger partial charge on any atom is 0.245 e. The Balaban J connectivity index is 2.40. The van der Waals surface area contributed by atoms with E-state index in [-0.39, 0.29) is 6.04 Å². The summed E-state index contributed by atoms with van der Waals surface area (Å²) < 4.78 is 27.3. The quantitative estimate of drug-likeness (QED) is 0.923. The Morgan fingerprint density at radius 1 is 1.32 bits per heavy atom. The fourth-order valence-electron chi connectivity index (χ4n) is 2.72. The van der Waals surface area contributed by atoms with Crippen molar-refractivity contribution in [3.63, 3.8) is 0 Å². The van der Waals surface area contributed by atoms with Gasteiger partial charge in [0.2, 0.25) is 10.0 Å². The Labute approximate surface area is 115 Å². The first-order valence-corrected chi connectivity index (χ1v) is 8.34. The molecule has 1 N–H and O–H groups in total. The van der Waals surface area contributed by atoms with Gasteiger partial charge in [0, 0.05) is 19.6 Å². The van der Waals surface area contributed by atoms with Crippen LogP contribution in [0.5, 0.6) is 0 Å². The summed E-state index contributed by atoms with van der Waals surface area (Å²) in [5.74, 6) is 0. The van der Waals surface area contributed by atoms with Crippen molar-refractivity contribution in [2.75, 3.05) is 18.9 Å². The van der Waals surface area contributed by atoms with Crippen LogP contribution in [-0.4, -0.2) is 32.4 Å². The lowest BCUT2D eigenvalue weighted by Gasteiger charge is -2.34. The van der Waals surface area contributed by atoms with Gasteiger partial charge in [-0.25, -0.2) is 8.42 Å². The second-order valence-electron chi connectivity index (χ2n) is 4.92. The molecule has 1 saturated heterocycles. The number of para-hydroxylation sites is 1. The van der Waals surface area contributed by atoms with Crippen molar-refractivity contribution in [3.05, 3.63) is 24.3 Å². The molecule has 4 nitrogen and oxygen atoms in total. The molecule has 1 aromatic rings. The zero-order valence-electron chi connectivity index (χ0n) is 11.6. The normalized spacial score (nSPS) is 21.3. The molecule has 0 spiro atoms. The second-order valence-corrected chi connectivity index (χ2v) is 6.78. The minimum atomic E-state index is -3.40. The Bertz CT molecular complexity index is 528. The predicted molar refractivity (Wildman–Crippen MR) is 77.8 cm³/mol. The van der Waals surface area contributed by atoms with Crippen LogP contribution in [0.4, 0.5) is 5.69 Å². The van der Waals surface area contributed by atoms with Gasteiger partial charge in [0.05, 0.1) is 5.69 Å². The van der Waals surface area contributed by atoms with E-state index in [9.17, 15) is 8.42 Å². The lowest BCUT2D eigenvalue weighted by molar-refractivity contribution is 0.246. The van der Waals surface area contributed by atoms with Gasteiger partial charge in [0.15, 0.2) is 0 Å². The van der Waals surface area contributed by atoms with E-state index in [1.165, 1.54) is 0 Å². The summed E-state index contributed by atoms with van der Waals surface area (Å²) in [6, 6.07) is 7.25. The first kappa shape index (κ1) is 14.3. The summed E-state index contributed by atoms with van der Waals surface area (Å²) >= 11 is 0. The predicted octanol–water partition coefficient (Wildman–Crippen LogP) is 2.68. The van der Waals surface area contributed by atoms with E-state index in [0.717, 1.165) is 25.7 Å². The van der Waals surface area contributed by atoms with E-state index in [1.807, 2.05) is 6.07 Å². The third kappa shape index (κ3) is 2.77. The molecule has 1 aliphatic rings. The Kier molecular flexibility index (Phi) is 4.47. The molecule has 0 aliphatic carbocycles. The summed E-state index contributed by atoms with van der Waals surface area (Å²) in [4.78, 5) is 0.387. The number of piperidine rings is 1. The van der Waals surface area contributed by atoms with Crippen molar-refractivity contribution in [1.29, 1.82) is 0 Å². The standard InChI is InChI=1S/C14H22N2O2S/c1-3-12-8-6-7-11-16(12)19(17,18)14-10-5-4-9-13(14)15-2/h4-5,9-10,12,15H,3,6-8,11H2,1-2H3. The topological polar surface area (TPSA) is 49.4 Å². The molecule has 2 rings (SSSR count). The zero-order chi connectivity index (χ0) is 13.9. The van der Waals surface area contributed by atoms with Crippen LogP contribution in [0.3, 0.4) is 0 Å². The number of nitrogens with zero attached hydrogens (tertiary/aromatic N) is 1. The molecule has 5 heteroatoms. The van der Waals surface area contributed by atoms with E-state index >= 15 is 0 Å². The van der Waals surface area contributed by atoms with Gasteiger partial charge in [-0.2, -0.15) is 4.31 Å². The molecule has 0 saturated carbocycles. The summed E-state index contributed by atoms with van der Waals surface area (Å²) in [7, 11) is -1.64. The molecule has 0 amide bonds. The monoisotopic (exact) mass is 282 g/mol. The molecular formula is C14H22N2O2S. The average molecular weight is 282 g/mol. The van der Waals surface area contributed by atoms with Crippen LogP contribution in [0.2, 0.25) is 0 Å². The van der Waals surface area contributed by atoms with Gasteiger partial charge in [0.1, 0.15) is 4.90 Å². The van der Waals surface area contributed by atoms with Gasteiger partial charge >= 0.3 is 0 Å². The van der Waals surface area contributed by atoms with Crippen LogP contribution < -0.4 is 5.32 Å². The van der Waals surface area contributed by atoms with Crippen molar-refractivity contribution in [2.45, 2.75) is 43.5 Å². The molecule has 1 heterocycles. The van der Waals surface area contributed by atoms with Gasteiger partial charge in [-0.05, 0) is 31.4 Å². The maximum atomic E-state index is 12.8. The van der Waals surface area contributed by atoms with E-state index in [4.69, 9.17) is 0 Å². The summed E-state index contributed by atoms with van der Waals surface area (Å²) in [6.45, 7) is 2.70. The summed E-state index contributed by atoms with van der Waals surface area (Å²) in [5, 5.41) is 2.97. The average Bonchev–Trinajstić information content (AvgIpc) is 2.47. The largest absolute Gasteiger partial charge is 0.387 e. The van der Waals surface area contributed by atoms with Gasteiger partial charge in [-0.15, -0.1) is 0 Å². The molecule has 1 fully saturated rings. The van der Waals surface area contributed by atoms with Gasteiger partial charge in [-0.1, -0.05) is 25.5 Å². The van der Waals surface area contributed by atoms with Gasteiger partial charge in [-0.3, -0.25) is 0 Å². The third-order valence-electron chi connectivity index (χ3n) is 3.79. The van der Waals surface area contributed by atoms with Crippen LogP contribution >= 0.6 is 0 Å². The van der Waals surface area contributed by atoms with E-state index < -0.39 is 10.0 Å². The lowest BCUT2D eigenvalue weighted by Crippen LogP contribution is -2.43. The molecule has 106 valence electrons. The molecule has 1 aromatic carbocycles. The van der Waals surface area contributed by atoms with Crippen molar-refractivity contribution < 1.29 is 8.42 Å². The van der Waals surface area contributed by atoms with Crippen LogP contribution in [0.1, 0.15) is 32.6 Å². The molecule has 1 unspecified atom stereocenters. The van der Waals surface area contributed by atoms with Gasteiger partial charge < -0.3 is 5.32 Å². The number of hydrogen-bond acceptors (Lipinski definition) is 3. The Hall–Kier alpha value is -1.07. The highest BCUT2D eigenvalue weighted by atomic mass is 32.2. The van der Waals surface area contributed by atoms with Crippen LogP contribution in [0, 0.1) is 0 Å². The molecule has 1 aliphatic heterocycles. The van der Waals surface area contributed by atoms with Crippen molar-refractivity contribution >= 4 is 15.7 Å². The van der Waals surface area contributed by atoms with E-state index in [0.29, 0.717) is 17.1 Å². The number of sulfonamides is 1. The van der Waals surface area contributed by atoms with Gasteiger partial charge in [0.25, 0.3) is 0 Å². The molecular weight excluding hydrogens is 260 g/mol. The minimum Gasteiger partial charge on any atom is -0.387 e. The fraction of sp³-hybridized carbons (Fsp3) is 0.571. The Morgan fingerprint density at radius 2 is 2.05 bits per heavy atom. The van der Waals surface area contributed by atoms with E-state index in [1.54, 1.807) is 29.6 Å². The number of benzene rings is 1. The lowest BCUT2D eigenvalue weighted by atomic mass is 10.0. The smallest absolute Gasteiger partial charge is 0.245 e. The molecule has 0 aromatic heterocycles. The highest BCUT2D eigenvalue weighted by Gasteiger charge is 2.33. The van der Waals surface area contributed by atoms with Crippen LogP contribution in [0.25, 0.3) is 0 Å². The van der Waals surface area contributed by atoms with Crippen LogP contribution in [-0.2, 0) is 10.0 Å². The first-order chi connectivity index (χ1) is 9.11. The highest BCUT2D eigenvalue weighted by Crippen LogP contribution is 2.30. The van der Waals surface area contributed by atoms with Crippen molar-refractivity contribution in [2.24, 2.45) is 0 Å². The maximum absolute atomic E-state index is 12.8. The second kappa shape index (κ2) is 5.92. The minimum absolute atomic E-state index is 0.142. The number of nitrogens with one attached hydrogen (secondary N) is 1. The summed E-state index contributed by atoms with van der Waals surface area (Å²) in [5.41, 5.74) is 0.669. The van der Waals surface area contributed by atoms with Crippen molar-refractivity contribution in [1.82, 2.24) is 4.31 Å². The molecule has 0 radical (unpaired) electrons. The fourth-order valence-corrected chi connectivity index (χ4v) is 4.69. The molecule has 0 bridgehead atoms. The molecule has 1 atom stereocenters. The Morgan fingerprint density at radius 3 is 2.74 bits per heavy atom. The SMILES string of the molecule is CCC1CCCCN1S(=O)(=O)c1ccccc1NC. The zero-order valence-corrected chi connectivity index (χ0v) is 12.4. The first-order valence-electron chi connectivity index (χ1n) is 6.90. The van der Waals surface area contributed by atoms with Crippen LogP contribution in [0.15, 0.2) is 29.2 Å². The number of rotatable bonds is 4. The number of hydrogen-bond donors (Lipinski definition) is 1. The molecule has 19 heavy (non-hydrogen) atoms. The number of anilines is 1. The van der Waals surface area contributed by atoms with E-state index in [2.05, 4.69) is 12.2 Å². The van der Waals surface area contributed by atoms with Crippen molar-refractivity contribution in [3.8, 4) is 0 Å².